The van der Waals surface area contributed by atoms with Gasteiger partial charge in [-0.25, -0.2) is 4.79 Å². The molecule has 0 bridgehead atoms. The number of nitrogens with zero attached hydrogens (tertiary/aromatic N) is 1. The van der Waals surface area contributed by atoms with Crippen molar-refractivity contribution in [1.82, 2.24) is 10.2 Å². The molecule has 2 N–H and O–H groups in total. The number of hydrogen-bond donors (Lipinski definition) is 2. The van der Waals surface area contributed by atoms with Gasteiger partial charge in [-0.2, -0.15) is 5.10 Å². The summed E-state index contributed by atoms with van der Waals surface area (Å²) >= 11 is 0. The van der Waals surface area contributed by atoms with Gasteiger partial charge in [0.2, 0.25) is 0 Å². The number of carbonyl (C=O) groups is 2. The lowest BCUT2D eigenvalue weighted by Crippen LogP contribution is -1.97. The van der Waals surface area contributed by atoms with Gasteiger partial charge in [0, 0.05) is 5.56 Å². The Hall–Kier alpha value is -2.83. The molecule has 104 valence electrons. The van der Waals surface area contributed by atoms with Crippen molar-refractivity contribution in [1.29, 1.82) is 0 Å². The number of H-pyrrole nitrogens is 1. The first-order valence-corrected chi connectivity index (χ1v) is 5.61. The molecule has 0 amide bonds. The van der Waals surface area contributed by atoms with E-state index in [2.05, 4.69) is 10.2 Å². The van der Waals surface area contributed by atoms with Crippen molar-refractivity contribution in [2.45, 2.75) is 0 Å². The predicted octanol–water partition coefficient (Wildman–Crippen LogP) is 1.60. The van der Waals surface area contributed by atoms with E-state index in [1.807, 2.05) is 0 Å². The molecule has 7 heteroatoms. The van der Waals surface area contributed by atoms with Gasteiger partial charge >= 0.3 is 5.97 Å². The summed E-state index contributed by atoms with van der Waals surface area (Å²) in [4.78, 5) is 21.8. The number of aromatic carboxylic acids is 1. The minimum absolute atomic E-state index is 0.0412. The Morgan fingerprint density at radius 3 is 2.50 bits per heavy atom. The summed E-state index contributed by atoms with van der Waals surface area (Å²) < 4.78 is 10.4. The van der Waals surface area contributed by atoms with Crippen LogP contribution in [0.25, 0.3) is 11.3 Å². The molecule has 2 rings (SSSR count). The summed E-state index contributed by atoms with van der Waals surface area (Å²) in [6.45, 7) is 0. The van der Waals surface area contributed by atoms with E-state index in [0.717, 1.165) is 0 Å². The largest absolute Gasteiger partial charge is 0.492 e. The third kappa shape index (κ3) is 2.20. The van der Waals surface area contributed by atoms with Crippen molar-refractivity contribution in [3.8, 4) is 22.8 Å². The lowest BCUT2D eigenvalue weighted by atomic mass is 10.1. The number of ether oxygens (including phenoxy) is 2. The zero-order valence-electron chi connectivity index (χ0n) is 10.8. The van der Waals surface area contributed by atoms with Gasteiger partial charge in [-0.15, -0.1) is 0 Å². The maximum atomic E-state index is 11.0. The van der Waals surface area contributed by atoms with Crippen LogP contribution in [-0.2, 0) is 0 Å². The van der Waals surface area contributed by atoms with Crippen LogP contribution < -0.4 is 9.47 Å². The fourth-order valence-corrected chi connectivity index (χ4v) is 1.85. The fourth-order valence-electron chi connectivity index (χ4n) is 1.85. The van der Waals surface area contributed by atoms with Gasteiger partial charge in [0.15, 0.2) is 17.8 Å². The van der Waals surface area contributed by atoms with Crippen LogP contribution in [0.2, 0.25) is 0 Å². The van der Waals surface area contributed by atoms with Gasteiger partial charge < -0.3 is 14.6 Å². The molecule has 0 atom stereocenters. The van der Waals surface area contributed by atoms with Crippen LogP contribution in [0.5, 0.6) is 11.5 Å². The Kier molecular flexibility index (Phi) is 3.69. The van der Waals surface area contributed by atoms with E-state index in [1.54, 1.807) is 12.1 Å². The second-order valence-corrected chi connectivity index (χ2v) is 3.86. The Morgan fingerprint density at radius 1 is 1.30 bits per heavy atom. The third-order valence-corrected chi connectivity index (χ3v) is 2.76. The van der Waals surface area contributed by atoms with Crippen LogP contribution in [0, 0.1) is 0 Å². The highest BCUT2D eigenvalue weighted by molar-refractivity contribution is 5.89. The number of benzene rings is 1. The smallest absolute Gasteiger partial charge is 0.353 e. The number of hydrogen-bond acceptors (Lipinski definition) is 5. The highest BCUT2D eigenvalue weighted by Gasteiger charge is 2.18. The van der Waals surface area contributed by atoms with Crippen molar-refractivity contribution >= 4 is 12.3 Å². The molecule has 1 heterocycles. The van der Waals surface area contributed by atoms with Crippen LogP contribution in [0.3, 0.4) is 0 Å². The van der Waals surface area contributed by atoms with Crippen molar-refractivity contribution in [2.24, 2.45) is 0 Å². The molecular formula is C13H12N2O5. The second-order valence-electron chi connectivity index (χ2n) is 3.86. The number of carboxylic acid groups (broad SMARTS) is 1. The average molecular weight is 276 g/mol. The van der Waals surface area contributed by atoms with Crippen molar-refractivity contribution < 1.29 is 24.2 Å². The molecule has 1 aromatic carbocycles. The van der Waals surface area contributed by atoms with Gasteiger partial charge in [-0.3, -0.25) is 9.89 Å². The zero-order chi connectivity index (χ0) is 14.7. The highest BCUT2D eigenvalue weighted by Crippen LogP contribution is 2.39. The third-order valence-electron chi connectivity index (χ3n) is 2.76. The molecular weight excluding hydrogens is 264 g/mol. The summed E-state index contributed by atoms with van der Waals surface area (Å²) in [6.07, 6.45) is 0.651. The standard InChI is InChI=1S/C13H12N2O5/c1-19-11-7(6-16)3-4-8(12(11)20-2)9-5-10(13(17)18)15-14-9/h3-6H,1-2H3,(H,14,15)(H,17,18). The van der Waals surface area contributed by atoms with Crippen LogP contribution in [-0.4, -0.2) is 41.8 Å². The molecule has 0 saturated heterocycles. The molecule has 0 unspecified atom stereocenters. The number of nitrogens with one attached hydrogen (secondary N) is 1. The number of aldehydes is 1. The van der Waals surface area contributed by atoms with E-state index in [4.69, 9.17) is 14.6 Å². The number of aromatic nitrogens is 2. The SMILES string of the molecule is COc1c(C=O)ccc(-c2cc(C(=O)O)[nH]n2)c1OC. The molecule has 0 aliphatic carbocycles. The van der Waals surface area contributed by atoms with Crippen LogP contribution in [0.4, 0.5) is 0 Å². The van der Waals surface area contributed by atoms with E-state index in [1.165, 1.54) is 20.3 Å². The number of carbonyl (C=O) groups excluding carboxylic acids is 1. The van der Waals surface area contributed by atoms with Gasteiger partial charge in [0.1, 0.15) is 5.69 Å². The Bertz CT molecular complexity index is 663. The molecule has 1 aromatic heterocycles. The summed E-state index contributed by atoms with van der Waals surface area (Å²) in [5, 5.41) is 15.2. The summed E-state index contributed by atoms with van der Waals surface area (Å²) in [5.74, 6) is -0.514. The monoisotopic (exact) mass is 276 g/mol. The molecule has 0 saturated carbocycles. The minimum atomic E-state index is -1.11. The highest BCUT2D eigenvalue weighted by atomic mass is 16.5. The first kappa shape index (κ1) is 13.6. The quantitative estimate of drug-likeness (QED) is 0.804. The topological polar surface area (TPSA) is 102 Å². The van der Waals surface area contributed by atoms with E-state index < -0.39 is 5.97 Å². The normalized spacial score (nSPS) is 10.1. The Balaban J connectivity index is 2.61. The van der Waals surface area contributed by atoms with Crippen molar-refractivity contribution in [2.75, 3.05) is 14.2 Å². The Morgan fingerprint density at radius 2 is 2.00 bits per heavy atom. The van der Waals surface area contributed by atoms with Crippen LogP contribution in [0.1, 0.15) is 20.8 Å². The Labute approximate surface area is 114 Å². The van der Waals surface area contributed by atoms with E-state index in [9.17, 15) is 9.59 Å². The number of aromatic amines is 1. The second kappa shape index (κ2) is 5.43. The minimum Gasteiger partial charge on any atom is -0.492 e. The molecule has 0 radical (unpaired) electrons. The van der Waals surface area contributed by atoms with Gasteiger partial charge in [-0.1, -0.05) is 0 Å². The number of methoxy groups -OCH3 is 2. The molecule has 7 nitrogen and oxygen atoms in total. The zero-order valence-corrected chi connectivity index (χ0v) is 10.8. The number of carboxylic acids is 1. The first-order chi connectivity index (χ1) is 9.62. The summed E-state index contributed by atoms with van der Waals surface area (Å²) in [5.41, 5.74) is 1.20. The maximum Gasteiger partial charge on any atom is 0.353 e. The van der Waals surface area contributed by atoms with Gasteiger partial charge in [0.25, 0.3) is 0 Å². The average Bonchev–Trinajstić information content (AvgIpc) is 2.95. The lowest BCUT2D eigenvalue weighted by molar-refractivity contribution is 0.0690. The molecule has 2 aromatic rings. The van der Waals surface area contributed by atoms with Crippen LogP contribution in [0.15, 0.2) is 18.2 Å². The van der Waals surface area contributed by atoms with Gasteiger partial charge in [-0.05, 0) is 18.2 Å². The molecule has 0 aliphatic rings. The molecule has 0 fully saturated rings. The maximum absolute atomic E-state index is 11.0. The summed E-state index contributed by atoms with van der Waals surface area (Å²) in [7, 11) is 2.85. The molecule has 20 heavy (non-hydrogen) atoms. The number of rotatable bonds is 5. The van der Waals surface area contributed by atoms with Crippen molar-refractivity contribution in [3.63, 3.8) is 0 Å². The lowest BCUT2D eigenvalue weighted by Gasteiger charge is -2.12. The first-order valence-electron chi connectivity index (χ1n) is 5.61. The van der Waals surface area contributed by atoms with Crippen molar-refractivity contribution in [3.05, 3.63) is 29.5 Å². The van der Waals surface area contributed by atoms with E-state index >= 15 is 0 Å². The predicted molar refractivity (Wildman–Crippen MR) is 69.5 cm³/mol. The molecule has 0 aliphatic heterocycles. The van der Waals surface area contributed by atoms with Crippen LogP contribution >= 0.6 is 0 Å². The fraction of sp³-hybridized carbons (Fsp3) is 0.154. The molecule has 0 spiro atoms. The van der Waals surface area contributed by atoms with E-state index in [0.29, 0.717) is 28.9 Å². The summed E-state index contributed by atoms with van der Waals surface area (Å²) in [6, 6.07) is 4.55. The van der Waals surface area contributed by atoms with Gasteiger partial charge in [0.05, 0.1) is 25.5 Å². The van der Waals surface area contributed by atoms with E-state index in [-0.39, 0.29) is 11.4 Å².